The summed E-state index contributed by atoms with van der Waals surface area (Å²) in [5, 5.41) is 3.67. The van der Waals surface area contributed by atoms with Gasteiger partial charge in [-0.15, -0.1) is 0 Å². The zero-order valence-electron chi connectivity index (χ0n) is 13.2. The van der Waals surface area contributed by atoms with Gasteiger partial charge < -0.3 is 14.8 Å². The molecule has 2 heterocycles. The van der Waals surface area contributed by atoms with E-state index in [0.717, 1.165) is 25.3 Å². The Hall–Kier alpha value is -1.06. The largest absolute Gasteiger partial charge is 0.494 e. The van der Waals surface area contributed by atoms with Gasteiger partial charge in [0.1, 0.15) is 5.75 Å². The molecule has 21 heavy (non-hydrogen) atoms. The molecule has 4 atom stereocenters. The molecule has 0 amide bonds. The minimum Gasteiger partial charge on any atom is -0.494 e. The van der Waals surface area contributed by atoms with Crippen LogP contribution in [0.2, 0.25) is 0 Å². The molecule has 3 heteroatoms. The SMILES string of the molecule is CCCOc1ccc(C(NCC)C2CC3CCC2O3)cc1. The van der Waals surface area contributed by atoms with Crippen LogP contribution in [0.15, 0.2) is 24.3 Å². The molecule has 1 aromatic carbocycles. The predicted molar refractivity (Wildman–Crippen MR) is 84.6 cm³/mol. The number of fused-ring (bicyclic) bond motifs is 2. The molecule has 1 aromatic rings. The van der Waals surface area contributed by atoms with Crippen molar-refractivity contribution >= 4 is 0 Å². The Morgan fingerprint density at radius 2 is 2.05 bits per heavy atom. The van der Waals surface area contributed by atoms with Gasteiger partial charge in [-0.05, 0) is 49.9 Å². The van der Waals surface area contributed by atoms with Crippen molar-refractivity contribution in [3.8, 4) is 5.75 Å². The molecule has 2 aliphatic heterocycles. The topological polar surface area (TPSA) is 30.5 Å². The van der Waals surface area contributed by atoms with Gasteiger partial charge in [-0.2, -0.15) is 0 Å². The maximum absolute atomic E-state index is 6.05. The van der Waals surface area contributed by atoms with Crippen molar-refractivity contribution in [2.45, 2.75) is 57.8 Å². The van der Waals surface area contributed by atoms with E-state index in [-0.39, 0.29) is 0 Å². The van der Waals surface area contributed by atoms with Crippen LogP contribution in [0.3, 0.4) is 0 Å². The summed E-state index contributed by atoms with van der Waals surface area (Å²) in [6, 6.07) is 9.03. The third kappa shape index (κ3) is 3.24. The average molecular weight is 289 g/mol. The van der Waals surface area contributed by atoms with Crippen LogP contribution in [-0.4, -0.2) is 25.4 Å². The van der Waals surface area contributed by atoms with E-state index in [1.54, 1.807) is 0 Å². The van der Waals surface area contributed by atoms with Gasteiger partial charge in [-0.25, -0.2) is 0 Å². The first-order chi connectivity index (χ1) is 10.3. The smallest absolute Gasteiger partial charge is 0.119 e. The Kier molecular flexibility index (Phi) is 4.81. The Balaban J connectivity index is 1.71. The van der Waals surface area contributed by atoms with E-state index >= 15 is 0 Å². The Labute approximate surface area is 128 Å². The average Bonchev–Trinajstić information content (AvgIpc) is 3.14. The zero-order valence-corrected chi connectivity index (χ0v) is 13.2. The Morgan fingerprint density at radius 3 is 2.62 bits per heavy atom. The number of rotatable bonds is 7. The minimum atomic E-state index is 0.408. The lowest BCUT2D eigenvalue weighted by atomic mass is 9.81. The van der Waals surface area contributed by atoms with Crippen molar-refractivity contribution in [3.05, 3.63) is 29.8 Å². The van der Waals surface area contributed by atoms with Crippen LogP contribution >= 0.6 is 0 Å². The summed E-state index contributed by atoms with van der Waals surface area (Å²) in [6.07, 6.45) is 5.70. The van der Waals surface area contributed by atoms with Gasteiger partial charge in [0, 0.05) is 12.0 Å². The highest BCUT2D eigenvalue weighted by Gasteiger charge is 2.44. The highest BCUT2D eigenvalue weighted by molar-refractivity contribution is 5.30. The standard InChI is InChI=1S/C18H27NO2/c1-3-11-20-14-7-5-13(6-8-14)18(19-4-2)16-12-15-9-10-17(16)21-15/h5-8,15-19H,3-4,9-12H2,1-2H3. The molecule has 1 N–H and O–H groups in total. The number of benzene rings is 1. The van der Waals surface area contributed by atoms with Gasteiger partial charge >= 0.3 is 0 Å². The van der Waals surface area contributed by atoms with E-state index in [4.69, 9.17) is 9.47 Å². The predicted octanol–water partition coefficient (Wildman–Crippen LogP) is 3.69. The summed E-state index contributed by atoms with van der Waals surface area (Å²) < 4.78 is 11.7. The number of ether oxygens (including phenoxy) is 2. The summed E-state index contributed by atoms with van der Waals surface area (Å²) in [4.78, 5) is 0. The highest BCUT2D eigenvalue weighted by atomic mass is 16.5. The fourth-order valence-corrected chi connectivity index (χ4v) is 3.76. The second-order valence-corrected chi connectivity index (χ2v) is 6.23. The Bertz CT molecular complexity index is 445. The van der Waals surface area contributed by atoms with Crippen molar-refractivity contribution in [1.82, 2.24) is 5.32 Å². The fourth-order valence-electron chi connectivity index (χ4n) is 3.76. The van der Waals surface area contributed by atoms with Crippen LogP contribution < -0.4 is 10.1 Å². The quantitative estimate of drug-likeness (QED) is 0.830. The lowest BCUT2D eigenvalue weighted by Crippen LogP contribution is -2.33. The van der Waals surface area contributed by atoms with E-state index in [1.165, 1.54) is 24.8 Å². The first kappa shape index (κ1) is 14.9. The van der Waals surface area contributed by atoms with Gasteiger partial charge in [0.05, 0.1) is 18.8 Å². The highest BCUT2D eigenvalue weighted by Crippen LogP contribution is 2.44. The third-order valence-electron chi connectivity index (χ3n) is 4.72. The maximum Gasteiger partial charge on any atom is 0.119 e. The third-order valence-corrected chi connectivity index (χ3v) is 4.72. The van der Waals surface area contributed by atoms with E-state index in [0.29, 0.717) is 24.2 Å². The molecule has 2 bridgehead atoms. The van der Waals surface area contributed by atoms with Gasteiger partial charge in [-0.1, -0.05) is 26.0 Å². The van der Waals surface area contributed by atoms with Gasteiger partial charge in [0.15, 0.2) is 0 Å². The van der Waals surface area contributed by atoms with Crippen molar-refractivity contribution < 1.29 is 9.47 Å². The van der Waals surface area contributed by atoms with E-state index in [9.17, 15) is 0 Å². The number of nitrogens with one attached hydrogen (secondary N) is 1. The van der Waals surface area contributed by atoms with Gasteiger partial charge in [0.25, 0.3) is 0 Å². The maximum atomic E-state index is 6.05. The van der Waals surface area contributed by atoms with Crippen LogP contribution in [0.1, 0.15) is 51.1 Å². The molecule has 3 rings (SSSR count). The molecule has 4 unspecified atom stereocenters. The molecule has 0 aliphatic carbocycles. The lowest BCUT2D eigenvalue weighted by Gasteiger charge is -2.29. The molecule has 116 valence electrons. The molecule has 0 radical (unpaired) electrons. The summed E-state index contributed by atoms with van der Waals surface area (Å²) in [5.41, 5.74) is 1.36. The van der Waals surface area contributed by atoms with E-state index in [1.807, 2.05) is 0 Å². The molecule has 3 nitrogen and oxygen atoms in total. The molecule has 2 aliphatic rings. The summed E-state index contributed by atoms with van der Waals surface area (Å²) in [5.74, 6) is 1.59. The summed E-state index contributed by atoms with van der Waals surface area (Å²) >= 11 is 0. The summed E-state index contributed by atoms with van der Waals surface area (Å²) in [6.45, 7) is 6.09. The van der Waals surface area contributed by atoms with Crippen LogP contribution in [0.5, 0.6) is 5.75 Å². The lowest BCUT2D eigenvalue weighted by molar-refractivity contribution is 0.0858. The van der Waals surface area contributed by atoms with Crippen LogP contribution in [0.4, 0.5) is 0 Å². The second-order valence-electron chi connectivity index (χ2n) is 6.23. The first-order valence-corrected chi connectivity index (χ1v) is 8.43. The van der Waals surface area contributed by atoms with E-state index in [2.05, 4.69) is 43.4 Å². The van der Waals surface area contributed by atoms with Crippen molar-refractivity contribution in [1.29, 1.82) is 0 Å². The van der Waals surface area contributed by atoms with Crippen LogP contribution in [0.25, 0.3) is 0 Å². The molecule has 2 fully saturated rings. The zero-order chi connectivity index (χ0) is 14.7. The molecular weight excluding hydrogens is 262 g/mol. The molecule has 2 saturated heterocycles. The van der Waals surface area contributed by atoms with Crippen molar-refractivity contribution in [2.75, 3.05) is 13.2 Å². The normalized spacial score (nSPS) is 28.8. The van der Waals surface area contributed by atoms with Gasteiger partial charge in [0.2, 0.25) is 0 Å². The van der Waals surface area contributed by atoms with Gasteiger partial charge in [-0.3, -0.25) is 0 Å². The monoisotopic (exact) mass is 289 g/mol. The molecule has 0 aromatic heterocycles. The van der Waals surface area contributed by atoms with Crippen molar-refractivity contribution in [3.63, 3.8) is 0 Å². The van der Waals surface area contributed by atoms with E-state index < -0.39 is 0 Å². The van der Waals surface area contributed by atoms with Crippen LogP contribution in [-0.2, 0) is 4.74 Å². The fraction of sp³-hybridized carbons (Fsp3) is 0.667. The number of hydrogen-bond acceptors (Lipinski definition) is 3. The molecule has 0 saturated carbocycles. The first-order valence-electron chi connectivity index (χ1n) is 8.43. The summed E-state index contributed by atoms with van der Waals surface area (Å²) in [7, 11) is 0. The molecule has 0 spiro atoms. The van der Waals surface area contributed by atoms with Crippen LogP contribution in [0, 0.1) is 5.92 Å². The Morgan fingerprint density at radius 1 is 1.24 bits per heavy atom. The molecular formula is C18H27NO2. The van der Waals surface area contributed by atoms with Crippen molar-refractivity contribution in [2.24, 2.45) is 5.92 Å². The second kappa shape index (κ2) is 6.80. The minimum absolute atomic E-state index is 0.408. The number of hydrogen-bond donors (Lipinski definition) is 1.